The summed E-state index contributed by atoms with van der Waals surface area (Å²) in [6, 6.07) is 14.4. The van der Waals surface area contributed by atoms with Crippen LogP contribution in [0.1, 0.15) is 19.8 Å². The topological polar surface area (TPSA) is 55.9 Å². The van der Waals surface area contributed by atoms with Gasteiger partial charge in [0, 0.05) is 40.7 Å². The summed E-state index contributed by atoms with van der Waals surface area (Å²) < 4.78 is 2.33. The predicted octanol–water partition coefficient (Wildman–Crippen LogP) is 3.25. The zero-order valence-electron chi connectivity index (χ0n) is 11.8. The Balaban J connectivity index is 2.37. The van der Waals surface area contributed by atoms with Crippen LogP contribution in [0.25, 0.3) is 21.8 Å². The van der Waals surface area contributed by atoms with Gasteiger partial charge in [0.05, 0.1) is 0 Å². The highest BCUT2D eigenvalue weighted by Gasteiger charge is 2.15. The molecule has 0 saturated carbocycles. The van der Waals surface area contributed by atoms with Gasteiger partial charge in [-0.1, -0.05) is 13.3 Å². The van der Waals surface area contributed by atoms with Crippen LogP contribution in [-0.2, 0) is 6.54 Å². The maximum absolute atomic E-state index is 5.96. The van der Waals surface area contributed by atoms with Gasteiger partial charge in [-0.05, 0) is 30.3 Å². The molecular formula is C17H20N3+. The number of aryl methyl sites for hydroxylation is 1. The summed E-state index contributed by atoms with van der Waals surface area (Å²) in [5.41, 5.74) is 15.9. The number of nitrogen functional groups attached to an aromatic ring is 2. The highest BCUT2D eigenvalue weighted by atomic mass is 15.0. The summed E-state index contributed by atoms with van der Waals surface area (Å²) in [4.78, 5) is 0. The maximum Gasteiger partial charge on any atom is 0.215 e. The molecule has 0 saturated heterocycles. The lowest BCUT2D eigenvalue weighted by Gasteiger charge is -2.07. The Labute approximate surface area is 118 Å². The second-order valence-electron chi connectivity index (χ2n) is 5.29. The van der Waals surface area contributed by atoms with Crippen LogP contribution in [-0.4, -0.2) is 0 Å². The molecule has 3 rings (SSSR count). The van der Waals surface area contributed by atoms with Crippen LogP contribution in [0.2, 0.25) is 0 Å². The zero-order valence-corrected chi connectivity index (χ0v) is 11.8. The minimum absolute atomic E-state index is 0.797. The smallest absolute Gasteiger partial charge is 0.215 e. The quantitative estimate of drug-likeness (QED) is 0.434. The highest BCUT2D eigenvalue weighted by molar-refractivity contribution is 5.91. The minimum Gasteiger partial charge on any atom is -0.399 e. The molecule has 0 atom stereocenters. The van der Waals surface area contributed by atoms with Crippen molar-refractivity contribution in [1.29, 1.82) is 0 Å². The van der Waals surface area contributed by atoms with Gasteiger partial charge < -0.3 is 11.5 Å². The van der Waals surface area contributed by atoms with Gasteiger partial charge in [-0.2, -0.15) is 4.57 Å². The van der Waals surface area contributed by atoms with E-state index in [4.69, 9.17) is 11.5 Å². The predicted molar refractivity (Wildman–Crippen MR) is 85.4 cm³/mol. The van der Waals surface area contributed by atoms with Gasteiger partial charge in [0.2, 0.25) is 11.0 Å². The average Bonchev–Trinajstić information content (AvgIpc) is 2.44. The van der Waals surface area contributed by atoms with Crippen molar-refractivity contribution in [1.82, 2.24) is 0 Å². The van der Waals surface area contributed by atoms with E-state index in [1.165, 1.54) is 21.8 Å². The highest BCUT2D eigenvalue weighted by Crippen LogP contribution is 2.22. The second-order valence-corrected chi connectivity index (χ2v) is 5.29. The van der Waals surface area contributed by atoms with Crippen molar-refractivity contribution in [2.75, 3.05) is 11.5 Å². The summed E-state index contributed by atoms with van der Waals surface area (Å²) in [6.07, 6.45) is 2.30. The van der Waals surface area contributed by atoms with E-state index in [2.05, 4.69) is 29.7 Å². The van der Waals surface area contributed by atoms with Crippen LogP contribution in [0.4, 0.5) is 11.4 Å². The Morgan fingerprint density at radius 2 is 1.40 bits per heavy atom. The molecule has 0 radical (unpaired) electrons. The van der Waals surface area contributed by atoms with Gasteiger partial charge in [0.1, 0.15) is 6.54 Å². The van der Waals surface area contributed by atoms with Crippen LogP contribution < -0.4 is 16.0 Å². The van der Waals surface area contributed by atoms with E-state index < -0.39 is 0 Å². The fourth-order valence-electron chi connectivity index (χ4n) is 2.69. The molecule has 20 heavy (non-hydrogen) atoms. The molecule has 3 aromatic rings. The number of fused-ring (bicyclic) bond motifs is 2. The first-order chi connectivity index (χ1) is 9.69. The summed E-state index contributed by atoms with van der Waals surface area (Å²) in [7, 11) is 0. The number of rotatable bonds is 3. The molecule has 0 fully saturated rings. The number of nitrogens with zero attached hydrogens (tertiary/aromatic N) is 1. The van der Waals surface area contributed by atoms with E-state index in [-0.39, 0.29) is 0 Å². The van der Waals surface area contributed by atoms with E-state index in [1.807, 2.05) is 24.3 Å². The summed E-state index contributed by atoms with van der Waals surface area (Å²) in [5, 5.41) is 2.43. The Hall–Kier alpha value is -2.29. The van der Waals surface area contributed by atoms with Crippen molar-refractivity contribution in [2.45, 2.75) is 26.3 Å². The average molecular weight is 266 g/mol. The zero-order chi connectivity index (χ0) is 14.1. The van der Waals surface area contributed by atoms with Crippen LogP contribution in [0.5, 0.6) is 0 Å². The van der Waals surface area contributed by atoms with Gasteiger partial charge in [-0.15, -0.1) is 0 Å². The molecular weight excluding hydrogens is 246 g/mol. The number of hydrogen-bond donors (Lipinski definition) is 2. The van der Waals surface area contributed by atoms with Crippen molar-refractivity contribution in [3.8, 4) is 0 Å². The van der Waals surface area contributed by atoms with Crippen molar-refractivity contribution < 1.29 is 4.57 Å². The molecule has 1 aromatic heterocycles. The molecule has 0 aliphatic rings. The molecule has 0 unspecified atom stereocenters. The number of aromatic nitrogens is 1. The number of benzene rings is 2. The third kappa shape index (κ3) is 2.16. The second kappa shape index (κ2) is 5.00. The first-order valence-corrected chi connectivity index (χ1v) is 7.10. The van der Waals surface area contributed by atoms with E-state index in [0.717, 1.165) is 30.8 Å². The van der Waals surface area contributed by atoms with Crippen LogP contribution >= 0.6 is 0 Å². The molecule has 3 nitrogen and oxygen atoms in total. The first-order valence-electron chi connectivity index (χ1n) is 7.10. The fourth-order valence-corrected chi connectivity index (χ4v) is 2.69. The van der Waals surface area contributed by atoms with Crippen molar-refractivity contribution >= 4 is 33.2 Å². The van der Waals surface area contributed by atoms with Crippen LogP contribution in [0.3, 0.4) is 0 Å². The largest absolute Gasteiger partial charge is 0.399 e. The van der Waals surface area contributed by atoms with Crippen LogP contribution in [0.15, 0.2) is 42.5 Å². The maximum atomic E-state index is 5.96. The normalized spacial score (nSPS) is 11.2. The minimum atomic E-state index is 0.797. The van der Waals surface area contributed by atoms with Crippen molar-refractivity contribution in [2.24, 2.45) is 0 Å². The third-order valence-corrected chi connectivity index (χ3v) is 3.74. The fraction of sp³-hybridized carbons (Fsp3) is 0.235. The van der Waals surface area contributed by atoms with Gasteiger partial charge >= 0.3 is 0 Å². The SMILES string of the molecule is CCCC[n+]1c2cc(N)ccc2cc2ccc(N)cc21. The molecule has 4 N–H and O–H groups in total. The number of hydrogen-bond acceptors (Lipinski definition) is 2. The first kappa shape index (κ1) is 12.7. The summed E-state index contributed by atoms with van der Waals surface area (Å²) in [5.74, 6) is 0. The Bertz CT molecular complexity index is 718. The standard InChI is InChI=1S/C17H19N3/c1-2-3-8-20-16-10-14(18)6-4-12(16)9-13-5-7-15(19)11-17(13)20/h4-7,9-11H,2-3,8H2,1H3,(H3,18,19)/p+1. The number of pyridine rings is 1. The molecule has 0 aliphatic carbocycles. The molecule has 0 bridgehead atoms. The van der Waals surface area contributed by atoms with E-state index in [9.17, 15) is 0 Å². The molecule has 3 heteroatoms. The lowest BCUT2D eigenvalue weighted by Crippen LogP contribution is -2.35. The van der Waals surface area contributed by atoms with Gasteiger partial charge in [-0.25, -0.2) is 0 Å². The van der Waals surface area contributed by atoms with E-state index in [1.54, 1.807) is 0 Å². The Morgan fingerprint density at radius 1 is 0.850 bits per heavy atom. The van der Waals surface area contributed by atoms with Gasteiger partial charge in [0.25, 0.3) is 0 Å². The van der Waals surface area contributed by atoms with E-state index in [0.29, 0.717) is 0 Å². The number of unbranched alkanes of at least 4 members (excludes halogenated alkanes) is 1. The Morgan fingerprint density at radius 3 is 1.90 bits per heavy atom. The monoisotopic (exact) mass is 266 g/mol. The lowest BCUT2D eigenvalue weighted by atomic mass is 10.1. The third-order valence-electron chi connectivity index (χ3n) is 3.74. The molecule has 0 amide bonds. The summed E-state index contributed by atoms with van der Waals surface area (Å²) in [6.45, 7) is 3.19. The van der Waals surface area contributed by atoms with Crippen molar-refractivity contribution in [3.05, 3.63) is 42.5 Å². The Kier molecular flexibility index (Phi) is 3.18. The lowest BCUT2D eigenvalue weighted by molar-refractivity contribution is -0.645. The van der Waals surface area contributed by atoms with E-state index >= 15 is 0 Å². The van der Waals surface area contributed by atoms with Gasteiger partial charge in [0.15, 0.2) is 0 Å². The molecule has 2 aromatic carbocycles. The molecule has 102 valence electrons. The van der Waals surface area contributed by atoms with Gasteiger partial charge in [-0.3, -0.25) is 0 Å². The molecule has 1 heterocycles. The summed E-state index contributed by atoms with van der Waals surface area (Å²) >= 11 is 0. The molecule has 0 aliphatic heterocycles. The molecule has 0 spiro atoms. The number of nitrogens with two attached hydrogens (primary N) is 2. The number of anilines is 2. The van der Waals surface area contributed by atoms with Crippen LogP contribution in [0, 0.1) is 0 Å². The van der Waals surface area contributed by atoms with Crippen molar-refractivity contribution in [3.63, 3.8) is 0 Å².